The first-order chi connectivity index (χ1) is 5.08. The Morgan fingerprint density at radius 2 is 1.82 bits per heavy atom. The molecule has 0 saturated carbocycles. The average Bonchev–Trinajstić information content (AvgIpc) is 2.04. The topological polar surface area (TPSA) is 63.5 Å². The van der Waals surface area contributed by atoms with Crippen LogP contribution in [0.2, 0.25) is 0 Å². The second-order valence-electron chi connectivity index (χ2n) is 2.71. The first-order valence-corrected chi connectivity index (χ1v) is 3.94. The molecule has 0 aromatic heterocycles. The van der Waals surface area contributed by atoms with Gasteiger partial charge in [0.25, 0.3) is 0 Å². The number of aliphatic hydroxyl groups is 2. The van der Waals surface area contributed by atoms with Gasteiger partial charge in [-0.25, -0.2) is 0 Å². The highest BCUT2D eigenvalue weighted by Crippen LogP contribution is 2.04. The molecule has 1 atom stereocenters. The molecule has 68 valence electrons. The zero-order valence-corrected chi connectivity index (χ0v) is 7.16. The van der Waals surface area contributed by atoms with Crippen molar-refractivity contribution in [3.05, 3.63) is 5.21 Å². The van der Waals surface area contributed by atoms with Gasteiger partial charge in [0, 0.05) is 0 Å². The summed E-state index contributed by atoms with van der Waals surface area (Å²) in [5, 5.41) is 29.0. The minimum Gasteiger partial charge on any atom is -0.633 e. The van der Waals surface area contributed by atoms with Crippen LogP contribution in [0.25, 0.3) is 0 Å². The van der Waals surface area contributed by atoms with Crippen LogP contribution in [-0.4, -0.2) is 47.2 Å². The predicted octanol–water partition coefficient (Wildman–Crippen LogP) is -0.306. The van der Waals surface area contributed by atoms with Gasteiger partial charge < -0.3 is 20.1 Å². The molecule has 0 saturated heterocycles. The highest BCUT2D eigenvalue weighted by molar-refractivity contribution is 4.52. The molecule has 0 fully saturated rings. The number of aliphatic hydroxyl groups excluding tert-OH is 2. The summed E-state index contributed by atoms with van der Waals surface area (Å²) in [5.74, 6) is 0. The lowest BCUT2D eigenvalue weighted by Crippen LogP contribution is -2.47. The maximum atomic E-state index is 11.5. The third-order valence-electron chi connectivity index (χ3n) is 1.91. The lowest BCUT2D eigenvalue weighted by Gasteiger charge is -2.42. The zero-order chi connectivity index (χ0) is 8.91. The largest absolute Gasteiger partial charge is 0.633 e. The molecule has 0 rings (SSSR count). The van der Waals surface area contributed by atoms with E-state index >= 15 is 0 Å². The van der Waals surface area contributed by atoms with Gasteiger partial charge in [-0.15, -0.1) is 0 Å². The standard InChI is InChI=1S/C7H17NO3/c1-3-8(11,4-2)5-7(10)6-9/h7,9-10H,3-6H2,1-2H3/t7-/m0/s1. The van der Waals surface area contributed by atoms with Crippen molar-refractivity contribution in [3.8, 4) is 0 Å². The third kappa shape index (κ3) is 3.67. The minimum atomic E-state index is -0.882. The molecule has 0 aliphatic rings. The van der Waals surface area contributed by atoms with Gasteiger partial charge in [-0.05, 0) is 13.8 Å². The van der Waals surface area contributed by atoms with Gasteiger partial charge in [0.1, 0.15) is 12.6 Å². The van der Waals surface area contributed by atoms with Crippen LogP contribution in [-0.2, 0) is 0 Å². The van der Waals surface area contributed by atoms with Crippen molar-refractivity contribution in [2.24, 2.45) is 0 Å². The molecule has 0 aliphatic heterocycles. The molecule has 4 nitrogen and oxygen atoms in total. The number of hydrogen-bond donors (Lipinski definition) is 2. The first kappa shape index (κ1) is 10.8. The molecule has 0 aliphatic carbocycles. The Labute approximate surface area is 67.2 Å². The van der Waals surface area contributed by atoms with Crippen LogP contribution in [0.15, 0.2) is 0 Å². The van der Waals surface area contributed by atoms with Gasteiger partial charge in [-0.1, -0.05) is 0 Å². The smallest absolute Gasteiger partial charge is 0.126 e. The first-order valence-electron chi connectivity index (χ1n) is 3.94. The van der Waals surface area contributed by atoms with Crippen molar-refractivity contribution in [2.75, 3.05) is 26.2 Å². The van der Waals surface area contributed by atoms with E-state index in [-0.39, 0.29) is 13.2 Å². The van der Waals surface area contributed by atoms with Gasteiger partial charge in [0.15, 0.2) is 0 Å². The second kappa shape index (κ2) is 4.66. The maximum absolute atomic E-state index is 11.5. The van der Waals surface area contributed by atoms with Crippen LogP contribution in [0.3, 0.4) is 0 Å². The van der Waals surface area contributed by atoms with E-state index < -0.39 is 10.8 Å². The number of hydrogen-bond acceptors (Lipinski definition) is 3. The molecule has 11 heavy (non-hydrogen) atoms. The predicted molar refractivity (Wildman–Crippen MR) is 42.7 cm³/mol. The zero-order valence-electron chi connectivity index (χ0n) is 7.16. The van der Waals surface area contributed by atoms with Crippen molar-refractivity contribution in [1.29, 1.82) is 0 Å². The van der Waals surface area contributed by atoms with E-state index in [1.807, 2.05) is 0 Å². The van der Waals surface area contributed by atoms with E-state index in [1.165, 1.54) is 0 Å². The van der Waals surface area contributed by atoms with Gasteiger partial charge >= 0.3 is 0 Å². The second-order valence-corrected chi connectivity index (χ2v) is 2.71. The molecule has 0 unspecified atom stereocenters. The van der Waals surface area contributed by atoms with Gasteiger partial charge in [0.2, 0.25) is 0 Å². The fourth-order valence-electron chi connectivity index (χ4n) is 0.924. The molecule has 2 N–H and O–H groups in total. The van der Waals surface area contributed by atoms with E-state index in [0.29, 0.717) is 13.1 Å². The van der Waals surface area contributed by atoms with Gasteiger partial charge in [-0.2, -0.15) is 0 Å². The van der Waals surface area contributed by atoms with Crippen LogP contribution in [0, 0.1) is 5.21 Å². The Bertz CT molecular complexity index is 104. The molecule has 0 radical (unpaired) electrons. The molecule has 0 aromatic carbocycles. The van der Waals surface area contributed by atoms with Crippen molar-refractivity contribution < 1.29 is 14.9 Å². The van der Waals surface area contributed by atoms with Crippen LogP contribution in [0.1, 0.15) is 13.8 Å². The molecule has 4 heteroatoms. The Morgan fingerprint density at radius 1 is 1.36 bits per heavy atom. The van der Waals surface area contributed by atoms with Crippen LogP contribution < -0.4 is 0 Å². The SMILES string of the molecule is CC[N+]([O-])(CC)C[C@H](O)CO. The fourth-order valence-corrected chi connectivity index (χ4v) is 0.924. The Morgan fingerprint density at radius 3 is 2.09 bits per heavy atom. The molecule has 0 spiro atoms. The molecular formula is C7H17NO3. The summed E-state index contributed by atoms with van der Waals surface area (Å²) < 4.78 is -0.429. The monoisotopic (exact) mass is 163 g/mol. The fraction of sp³-hybridized carbons (Fsp3) is 1.00. The van der Waals surface area contributed by atoms with Crippen molar-refractivity contribution in [2.45, 2.75) is 20.0 Å². The van der Waals surface area contributed by atoms with Crippen LogP contribution >= 0.6 is 0 Å². The highest BCUT2D eigenvalue weighted by Gasteiger charge is 2.16. The van der Waals surface area contributed by atoms with E-state index in [1.54, 1.807) is 13.8 Å². The van der Waals surface area contributed by atoms with Gasteiger partial charge in [0.05, 0.1) is 19.7 Å². The number of hydroxylamine groups is 3. The van der Waals surface area contributed by atoms with E-state index in [4.69, 9.17) is 10.2 Å². The number of rotatable bonds is 5. The third-order valence-corrected chi connectivity index (χ3v) is 1.91. The Hall–Kier alpha value is -0.160. The molecule has 0 aromatic rings. The number of likely N-dealkylation sites (N-methyl/N-ethyl adjacent to an activating group) is 1. The van der Waals surface area contributed by atoms with Crippen molar-refractivity contribution in [1.82, 2.24) is 0 Å². The quantitative estimate of drug-likeness (QED) is 0.432. The van der Waals surface area contributed by atoms with E-state index in [2.05, 4.69) is 0 Å². The molecule has 0 heterocycles. The molecular weight excluding hydrogens is 146 g/mol. The van der Waals surface area contributed by atoms with Gasteiger partial charge in [-0.3, -0.25) is 0 Å². The number of nitrogens with zero attached hydrogens (tertiary/aromatic N) is 1. The van der Waals surface area contributed by atoms with E-state index in [0.717, 1.165) is 0 Å². The summed E-state index contributed by atoms with van der Waals surface area (Å²) in [6.07, 6.45) is -0.882. The Kier molecular flexibility index (Phi) is 4.60. The molecule has 0 amide bonds. The van der Waals surface area contributed by atoms with Crippen LogP contribution in [0.5, 0.6) is 0 Å². The summed E-state index contributed by atoms with van der Waals surface area (Å²) in [6, 6.07) is 0. The highest BCUT2D eigenvalue weighted by atomic mass is 16.5. The average molecular weight is 163 g/mol. The summed E-state index contributed by atoms with van der Waals surface area (Å²) in [7, 11) is 0. The van der Waals surface area contributed by atoms with Crippen LogP contribution in [0.4, 0.5) is 0 Å². The minimum absolute atomic E-state index is 0.0868. The summed E-state index contributed by atoms with van der Waals surface area (Å²) in [5.41, 5.74) is 0. The Balaban J connectivity index is 3.86. The van der Waals surface area contributed by atoms with Crippen molar-refractivity contribution in [3.63, 3.8) is 0 Å². The lowest BCUT2D eigenvalue weighted by molar-refractivity contribution is -0.880. The number of quaternary nitrogens is 1. The maximum Gasteiger partial charge on any atom is 0.126 e. The lowest BCUT2D eigenvalue weighted by atomic mass is 10.3. The molecule has 0 bridgehead atoms. The van der Waals surface area contributed by atoms with Crippen molar-refractivity contribution >= 4 is 0 Å². The summed E-state index contributed by atoms with van der Waals surface area (Å²) >= 11 is 0. The normalized spacial score (nSPS) is 15.0. The van der Waals surface area contributed by atoms with E-state index in [9.17, 15) is 5.21 Å². The summed E-state index contributed by atoms with van der Waals surface area (Å²) in [6.45, 7) is 4.19. The summed E-state index contributed by atoms with van der Waals surface area (Å²) in [4.78, 5) is 0.